The molecule has 2 N–H and O–H groups in total. The van der Waals surface area contributed by atoms with E-state index in [2.05, 4.69) is 11.1 Å². The molecular formula is C18H21FN2. The van der Waals surface area contributed by atoms with Crippen LogP contribution in [-0.4, -0.2) is 11.0 Å². The average Bonchev–Trinajstić information content (AvgIpc) is 2.53. The van der Waals surface area contributed by atoms with Gasteiger partial charge in [0.25, 0.3) is 0 Å². The van der Waals surface area contributed by atoms with E-state index in [4.69, 9.17) is 5.73 Å². The molecule has 0 amide bonds. The van der Waals surface area contributed by atoms with Crippen LogP contribution in [0.15, 0.2) is 30.5 Å². The van der Waals surface area contributed by atoms with E-state index in [1.54, 1.807) is 12.1 Å². The van der Waals surface area contributed by atoms with Gasteiger partial charge in [0.15, 0.2) is 0 Å². The van der Waals surface area contributed by atoms with Crippen LogP contribution in [0.5, 0.6) is 0 Å². The van der Waals surface area contributed by atoms with Crippen LogP contribution in [0.4, 0.5) is 4.39 Å². The number of nitrogens with zero attached hydrogens (tertiary/aromatic N) is 1. The highest BCUT2D eigenvalue weighted by atomic mass is 19.1. The Labute approximate surface area is 124 Å². The summed E-state index contributed by atoms with van der Waals surface area (Å²) in [6.07, 6.45) is 9.12. The van der Waals surface area contributed by atoms with Crippen LogP contribution >= 0.6 is 0 Å². The van der Waals surface area contributed by atoms with Gasteiger partial charge in [-0.2, -0.15) is 0 Å². The Hall–Kier alpha value is -1.48. The molecule has 21 heavy (non-hydrogen) atoms. The highest BCUT2D eigenvalue weighted by Crippen LogP contribution is 2.54. The lowest BCUT2D eigenvalue weighted by molar-refractivity contribution is 0.0391. The lowest BCUT2D eigenvalue weighted by Gasteiger charge is -2.52. The molecule has 1 atom stereocenters. The fraction of sp³-hybridized carbons (Fsp3) is 0.500. The van der Waals surface area contributed by atoms with E-state index < -0.39 is 0 Å². The fourth-order valence-corrected chi connectivity index (χ4v) is 4.34. The smallest absolute Gasteiger partial charge is 0.123 e. The Morgan fingerprint density at radius 3 is 2.52 bits per heavy atom. The maximum absolute atomic E-state index is 13.6. The number of fused-ring (bicyclic) bond motifs is 1. The topological polar surface area (TPSA) is 38.9 Å². The zero-order valence-corrected chi connectivity index (χ0v) is 12.2. The molecule has 1 unspecified atom stereocenters. The lowest BCUT2D eigenvalue weighted by atomic mass is 9.55. The number of aromatic nitrogens is 1. The molecule has 0 radical (unpaired) electrons. The number of hydrogen-bond donors (Lipinski definition) is 1. The van der Waals surface area contributed by atoms with Gasteiger partial charge in [0.1, 0.15) is 5.82 Å². The normalized spacial score (nSPS) is 32.3. The van der Waals surface area contributed by atoms with Gasteiger partial charge in [0.05, 0.1) is 5.52 Å². The van der Waals surface area contributed by atoms with E-state index >= 15 is 0 Å². The van der Waals surface area contributed by atoms with Gasteiger partial charge in [-0.05, 0) is 79.7 Å². The molecule has 2 nitrogen and oxygen atoms in total. The van der Waals surface area contributed by atoms with Gasteiger partial charge in [-0.3, -0.25) is 4.98 Å². The molecule has 0 saturated heterocycles. The van der Waals surface area contributed by atoms with Crippen LogP contribution in [0.1, 0.15) is 50.0 Å². The molecule has 2 saturated carbocycles. The van der Waals surface area contributed by atoms with Crippen LogP contribution in [0.3, 0.4) is 0 Å². The van der Waals surface area contributed by atoms with Crippen LogP contribution in [0, 0.1) is 11.2 Å². The van der Waals surface area contributed by atoms with Crippen molar-refractivity contribution in [1.29, 1.82) is 0 Å². The third kappa shape index (κ3) is 2.06. The van der Waals surface area contributed by atoms with Gasteiger partial charge in [-0.15, -0.1) is 0 Å². The lowest BCUT2D eigenvalue weighted by Crippen LogP contribution is -2.52. The number of rotatable bonds is 1. The number of hydrogen-bond acceptors (Lipinski definition) is 2. The standard InChI is InChI=1S/C18H21FN2/c19-13-1-2-16-15(11-13)14(6-10-21-16)12-3-7-18(8-4-12)9-5-17(18)20/h1-2,6,10-12,17H,3-5,7-9,20H2. The van der Waals surface area contributed by atoms with E-state index in [0.29, 0.717) is 17.4 Å². The quantitative estimate of drug-likeness (QED) is 0.854. The summed E-state index contributed by atoms with van der Waals surface area (Å²) in [5.74, 6) is 0.348. The first kappa shape index (κ1) is 13.2. The predicted octanol–water partition coefficient (Wildman–Crippen LogP) is 4.14. The average molecular weight is 284 g/mol. The number of pyridine rings is 1. The van der Waals surface area contributed by atoms with E-state index in [1.165, 1.54) is 50.2 Å². The first-order valence-electron chi connectivity index (χ1n) is 7.98. The molecule has 4 rings (SSSR count). The van der Waals surface area contributed by atoms with Crippen molar-refractivity contribution >= 4 is 10.9 Å². The summed E-state index contributed by atoms with van der Waals surface area (Å²) in [5.41, 5.74) is 8.81. The van der Waals surface area contributed by atoms with Crippen molar-refractivity contribution in [2.45, 2.75) is 50.5 Å². The second-order valence-electron chi connectivity index (χ2n) is 6.84. The second-order valence-corrected chi connectivity index (χ2v) is 6.84. The third-order valence-electron chi connectivity index (χ3n) is 5.90. The molecule has 2 aliphatic rings. The van der Waals surface area contributed by atoms with E-state index in [1.807, 2.05) is 6.20 Å². The van der Waals surface area contributed by atoms with Crippen LogP contribution in [0.2, 0.25) is 0 Å². The van der Waals surface area contributed by atoms with Gasteiger partial charge >= 0.3 is 0 Å². The minimum Gasteiger partial charge on any atom is -0.327 e. The highest BCUT2D eigenvalue weighted by molar-refractivity contribution is 5.82. The Bertz CT molecular complexity index is 674. The molecule has 0 aliphatic heterocycles. The number of halogens is 1. The molecule has 3 heteroatoms. The summed E-state index contributed by atoms with van der Waals surface area (Å²) in [6, 6.07) is 7.38. The molecule has 1 spiro atoms. The van der Waals surface area contributed by atoms with Gasteiger partial charge in [-0.1, -0.05) is 0 Å². The first-order chi connectivity index (χ1) is 10.2. The fourth-order valence-electron chi connectivity index (χ4n) is 4.34. The molecule has 2 aromatic rings. The molecule has 2 aliphatic carbocycles. The highest BCUT2D eigenvalue weighted by Gasteiger charge is 2.46. The molecule has 1 heterocycles. The Morgan fingerprint density at radius 2 is 1.86 bits per heavy atom. The van der Waals surface area contributed by atoms with Crippen molar-refractivity contribution in [2.24, 2.45) is 11.1 Å². The zero-order valence-electron chi connectivity index (χ0n) is 12.2. The summed E-state index contributed by atoms with van der Waals surface area (Å²) in [5, 5.41) is 0.983. The summed E-state index contributed by atoms with van der Waals surface area (Å²) >= 11 is 0. The zero-order chi connectivity index (χ0) is 14.4. The molecule has 110 valence electrons. The molecule has 1 aromatic carbocycles. The SMILES string of the molecule is NC1CCC12CCC(c1ccnc3ccc(F)cc13)CC2. The van der Waals surface area contributed by atoms with E-state index in [-0.39, 0.29) is 5.82 Å². The molecule has 0 bridgehead atoms. The predicted molar refractivity (Wildman–Crippen MR) is 82.6 cm³/mol. The minimum absolute atomic E-state index is 0.176. The Morgan fingerprint density at radius 1 is 1.10 bits per heavy atom. The summed E-state index contributed by atoms with van der Waals surface area (Å²) < 4.78 is 13.6. The summed E-state index contributed by atoms with van der Waals surface area (Å²) in [6.45, 7) is 0. The van der Waals surface area contributed by atoms with E-state index in [9.17, 15) is 4.39 Å². The van der Waals surface area contributed by atoms with Crippen LogP contribution in [-0.2, 0) is 0 Å². The van der Waals surface area contributed by atoms with Crippen LogP contribution < -0.4 is 5.73 Å². The molecule has 1 aromatic heterocycles. The number of nitrogens with two attached hydrogens (primary N) is 1. The van der Waals surface area contributed by atoms with E-state index in [0.717, 1.165) is 10.9 Å². The maximum Gasteiger partial charge on any atom is 0.123 e. The van der Waals surface area contributed by atoms with Crippen molar-refractivity contribution in [3.63, 3.8) is 0 Å². The van der Waals surface area contributed by atoms with Gasteiger partial charge in [0, 0.05) is 17.6 Å². The second kappa shape index (κ2) is 4.77. The van der Waals surface area contributed by atoms with Crippen LogP contribution in [0.25, 0.3) is 10.9 Å². The number of benzene rings is 1. The third-order valence-corrected chi connectivity index (χ3v) is 5.90. The van der Waals surface area contributed by atoms with Crippen molar-refractivity contribution in [3.8, 4) is 0 Å². The minimum atomic E-state index is -0.176. The van der Waals surface area contributed by atoms with Crippen molar-refractivity contribution in [2.75, 3.05) is 0 Å². The van der Waals surface area contributed by atoms with Gasteiger partial charge in [-0.25, -0.2) is 4.39 Å². The first-order valence-corrected chi connectivity index (χ1v) is 7.98. The maximum atomic E-state index is 13.6. The largest absolute Gasteiger partial charge is 0.327 e. The Kier molecular flexibility index (Phi) is 3.00. The van der Waals surface area contributed by atoms with Crippen molar-refractivity contribution in [3.05, 3.63) is 41.8 Å². The van der Waals surface area contributed by atoms with Crippen molar-refractivity contribution < 1.29 is 4.39 Å². The van der Waals surface area contributed by atoms with Gasteiger partial charge in [0.2, 0.25) is 0 Å². The summed E-state index contributed by atoms with van der Waals surface area (Å²) in [4.78, 5) is 4.36. The Balaban J connectivity index is 1.64. The summed E-state index contributed by atoms with van der Waals surface area (Å²) in [7, 11) is 0. The van der Waals surface area contributed by atoms with Crippen molar-refractivity contribution in [1.82, 2.24) is 4.98 Å². The molecular weight excluding hydrogens is 263 g/mol. The van der Waals surface area contributed by atoms with Gasteiger partial charge < -0.3 is 5.73 Å². The monoisotopic (exact) mass is 284 g/mol. The molecule has 2 fully saturated rings.